The first-order chi connectivity index (χ1) is 19.0. The van der Waals surface area contributed by atoms with Gasteiger partial charge in [-0.05, 0) is 36.8 Å². The summed E-state index contributed by atoms with van der Waals surface area (Å²) in [6.45, 7) is 5.38. The number of ketones is 1. The fraction of sp³-hybridized carbons (Fsp3) is 0.464. The molecule has 2 aromatic rings. The van der Waals surface area contributed by atoms with Crippen molar-refractivity contribution in [3.05, 3.63) is 62.1 Å². The number of esters is 1. The molecule has 0 bridgehead atoms. The lowest BCUT2D eigenvalue weighted by molar-refractivity contribution is -0.141. The Labute approximate surface area is 265 Å². The molecule has 0 aliphatic carbocycles. The molecule has 2 saturated heterocycles. The van der Waals surface area contributed by atoms with Crippen LogP contribution < -0.4 is 15.4 Å². The molecule has 0 saturated carbocycles. The van der Waals surface area contributed by atoms with Gasteiger partial charge in [0.15, 0.2) is 0 Å². The topological polar surface area (TPSA) is 97.0 Å². The number of carbonyl (C=O) groups excluding carboxylic acids is 3. The largest absolute Gasteiger partial charge is 0.453 e. The van der Waals surface area contributed by atoms with Gasteiger partial charge in [0, 0.05) is 56.5 Å². The van der Waals surface area contributed by atoms with Crippen LogP contribution in [0.1, 0.15) is 19.4 Å². The molecule has 2 heterocycles. The third-order valence-corrected chi connectivity index (χ3v) is 9.39. The molecule has 0 aromatic heterocycles. The maximum Gasteiger partial charge on any atom is 0.410 e. The van der Waals surface area contributed by atoms with Crippen molar-refractivity contribution in [1.82, 2.24) is 15.5 Å². The smallest absolute Gasteiger partial charge is 0.410 e. The number of carbonyl (C=O) groups is 3. The summed E-state index contributed by atoms with van der Waals surface area (Å²) in [5.74, 6) is -1.94. The van der Waals surface area contributed by atoms with Crippen molar-refractivity contribution in [3.63, 3.8) is 0 Å². The van der Waals surface area contributed by atoms with Gasteiger partial charge in [-0.2, -0.15) is 0 Å². The SMILES string of the molecule is COC(=O)N1CCNC[C@@]1(C)C1C(C(=O)Cc2ccc(Cl)c(Cl)c2)CN[C@@H]1[C@H](C)C(=O)Oc1ccc(Cl)c(Cl)c1.Cl. The lowest BCUT2D eigenvalue weighted by Crippen LogP contribution is -2.68. The Morgan fingerprint density at radius 2 is 1.71 bits per heavy atom. The van der Waals surface area contributed by atoms with Gasteiger partial charge >= 0.3 is 12.1 Å². The number of nitrogens with one attached hydrogen (secondary N) is 2. The van der Waals surface area contributed by atoms with Gasteiger partial charge in [0.1, 0.15) is 11.5 Å². The van der Waals surface area contributed by atoms with E-state index in [1.807, 2.05) is 6.92 Å². The fourth-order valence-corrected chi connectivity index (χ4v) is 6.47. The second-order valence-electron chi connectivity index (χ2n) is 10.4. The lowest BCUT2D eigenvalue weighted by atomic mass is 9.68. The highest BCUT2D eigenvalue weighted by Crippen LogP contribution is 2.42. The standard InChI is InChI=1S/C28H31Cl4N3O5.ClH/c1-15(26(37)40-17-5-7-20(30)22(32)12-17)25-24(28(2)14-33-8-9-35(28)27(38)39-3)18(13-34-25)23(36)11-16-4-6-19(29)21(31)10-16;/h4-7,10,12,15,18,24-25,33-34H,8-9,11,13-14H2,1-3H3;1H/t15-,18?,24?,25+,28-;/m0./s1. The minimum Gasteiger partial charge on any atom is -0.453 e. The molecule has 5 atom stereocenters. The van der Waals surface area contributed by atoms with Gasteiger partial charge in [0.05, 0.1) is 38.7 Å². The Bertz CT molecular complexity index is 1300. The molecule has 2 unspecified atom stereocenters. The van der Waals surface area contributed by atoms with Crippen molar-refractivity contribution in [2.75, 3.05) is 33.3 Å². The molecule has 2 N–H and O–H groups in total. The van der Waals surface area contributed by atoms with Crippen molar-refractivity contribution in [2.24, 2.45) is 17.8 Å². The predicted octanol–water partition coefficient (Wildman–Crippen LogP) is 5.71. The predicted molar refractivity (Wildman–Crippen MR) is 163 cm³/mol. The van der Waals surface area contributed by atoms with Crippen LogP contribution >= 0.6 is 58.8 Å². The number of rotatable bonds is 7. The number of benzene rings is 2. The summed E-state index contributed by atoms with van der Waals surface area (Å²) in [5.41, 5.74) is -0.124. The first-order valence-corrected chi connectivity index (χ1v) is 14.4. The molecule has 4 rings (SSSR count). The van der Waals surface area contributed by atoms with E-state index in [9.17, 15) is 14.4 Å². The molecule has 2 aliphatic heterocycles. The average molecular weight is 668 g/mol. The van der Waals surface area contributed by atoms with E-state index >= 15 is 0 Å². The molecule has 224 valence electrons. The van der Waals surface area contributed by atoms with Gasteiger partial charge in [0.25, 0.3) is 0 Å². The highest BCUT2D eigenvalue weighted by Gasteiger charge is 2.56. The minimum atomic E-state index is -0.852. The number of nitrogens with zero attached hydrogens (tertiary/aromatic N) is 1. The summed E-state index contributed by atoms with van der Waals surface area (Å²) in [4.78, 5) is 41.8. The molecule has 41 heavy (non-hydrogen) atoms. The van der Waals surface area contributed by atoms with E-state index < -0.39 is 41.4 Å². The lowest BCUT2D eigenvalue weighted by Gasteiger charge is -2.51. The van der Waals surface area contributed by atoms with E-state index in [1.165, 1.54) is 13.2 Å². The van der Waals surface area contributed by atoms with E-state index in [2.05, 4.69) is 10.6 Å². The van der Waals surface area contributed by atoms with Crippen molar-refractivity contribution in [2.45, 2.75) is 31.8 Å². The molecular weight excluding hydrogens is 636 g/mol. The number of hydrogen-bond donors (Lipinski definition) is 2. The summed E-state index contributed by atoms with van der Waals surface area (Å²) < 4.78 is 10.8. The van der Waals surface area contributed by atoms with Gasteiger partial charge in [-0.1, -0.05) is 59.4 Å². The van der Waals surface area contributed by atoms with Crippen molar-refractivity contribution in [1.29, 1.82) is 0 Å². The molecule has 2 aliphatic rings. The van der Waals surface area contributed by atoms with Crippen LogP contribution in [0.2, 0.25) is 20.1 Å². The molecule has 0 radical (unpaired) electrons. The molecule has 1 amide bonds. The number of piperazine rings is 1. The van der Waals surface area contributed by atoms with E-state index in [0.29, 0.717) is 41.2 Å². The highest BCUT2D eigenvalue weighted by molar-refractivity contribution is 6.42. The van der Waals surface area contributed by atoms with Crippen LogP contribution in [-0.2, 0) is 20.7 Å². The van der Waals surface area contributed by atoms with Crippen molar-refractivity contribution < 1.29 is 23.9 Å². The van der Waals surface area contributed by atoms with Crippen molar-refractivity contribution in [3.8, 4) is 5.75 Å². The minimum absolute atomic E-state index is 0. The van der Waals surface area contributed by atoms with Gasteiger partial charge in [-0.3, -0.25) is 14.5 Å². The van der Waals surface area contributed by atoms with Crippen LogP contribution in [0.4, 0.5) is 4.79 Å². The Balaban J connectivity index is 0.00000462. The van der Waals surface area contributed by atoms with Gasteiger partial charge < -0.3 is 20.1 Å². The first-order valence-electron chi connectivity index (χ1n) is 12.9. The molecule has 8 nitrogen and oxygen atoms in total. The fourth-order valence-electron chi connectivity index (χ4n) is 5.86. The van der Waals surface area contributed by atoms with Gasteiger partial charge in [0.2, 0.25) is 0 Å². The summed E-state index contributed by atoms with van der Waals surface area (Å²) in [6, 6.07) is 9.20. The quantitative estimate of drug-likeness (QED) is 0.289. The zero-order chi connectivity index (χ0) is 29.2. The Morgan fingerprint density at radius 1 is 1.05 bits per heavy atom. The zero-order valence-electron chi connectivity index (χ0n) is 22.7. The molecule has 2 fully saturated rings. The second-order valence-corrected chi connectivity index (χ2v) is 12.0. The summed E-state index contributed by atoms with van der Waals surface area (Å²) in [6.07, 6.45) is -0.368. The van der Waals surface area contributed by atoms with Crippen LogP contribution in [0, 0.1) is 17.8 Å². The number of ether oxygens (including phenoxy) is 2. The Kier molecular flexibility index (Phi) is 11.6. The number of Topliss-reactive ketones (excluding diaryl/α,β-unsaturated/α-hetero) is 1. The number of hydrogen-bond acceptors (Lipinski definition) is 7. The van der Waals surface area contributed by atoms with E-state index in [1.54, 1.807) is 42.2 Å². The molecular formula is C28H32Cl5N3O5. The monoisotopic (exact) mass is 665 g/mol. The summed E-state index contributed by atoms with van der Waals surface area (Å²) >= 11 is 24.4. The Morgan fingerprint density at radius 3 is 2.34 bits per heavy atom. The third-order valence-electron chi connectivity index (χ3n) is 7.91. The zero-order valence-corrected chi connectivity index (χ0v) is 26.6. The van der Waals surface area contributed by atoms with Gasteiger partial charge in [-0.25, -0.2) is 4.79 Å². The van der Waals surface area contributed by atoms with Crippen LogP contribution in [0.3, 0.4) is 0 Å². The normalized spacial score (nSPS) is 24.8. The van der Waals surface area contributed by atoms with Gasteiger partial charge in [-0.15, -0.1) is 12.4 Å². The maximum absolute atomic E-state index is 13.8. The van der Waals surface area contributed by atoms with E-state index in [-0.39, 0.29) is 35.4 Å². The van der Waals surface area contributed by atoms with Crippen molar-refractivity contribution >= 4 is 76.7 Å². The third kappa shape index (κ3) is 7.24. The van der Waals surface area contributed by atoms with Crippen LogP contribution in [-0.4, -0.2) is 67.6 Å². The second kappa shape index (κ2) is 14.1. The van der Waals surface area contributed by atoms with Crippen LogP contribution in [0.15, 0.2) is 36.4 Å². The number of halogens is 5. The number of methoxy groups -OCH3 is 1. The van der Waals surface area contributed by atoms with Crippen LogP contribution in [0.25, 0.3) is 0 Å². The molecule has 13 heteroatoms. The van der Waals surface area contributed by atoms with Crippen LogP contribution in [0.5, 0.6) is 5.75 Å². The number of amides is 1. The average Bonchev–Trinajstić information content (AvgIpc) is 3.38. The highest BCUT2D eigenvalue weighted by atomic mass is 35.5. The first kappa shape index (κ1) is 33.7. The summed E-state index contributed by atoms with van der Waals surface area (Å²) in [5, 5.41) is 8.15. The van der Waals surface area contributed by atoms with E-state index in [0.717, 1.165) is 5.56 Å². The molecule has 0 spiro atoms. The summed E-state index contributed by atoms with van der Waals surface area (Å²) in [7, 11) is 1.33. The maximum atomic E-state index is 13.8. The van der Waals surface area contributed by atoms with E-state index in [4.69, 9.17) is 55.9 Å². The Hall–Kier alpha value is -1.78. The molecule has 2 aromatic carbocycles.